The molecular formula is C12H14BrN5O2. The van der Waals surface area contributed by atoms with Gasteiger partial charge in [0.05, 0.1) is 11.1 Å². The molecule has 7 nitrogen and oxygen atoms in total. The van der Waals surface area contributed by atoms with Gasteiger partial charge in [-0.2, -0.15) is 5.10 Å². The highest BCUT2D eigenvalue weighted by Crippen LogP contribution is 2.25. The van der Waals surface area contributed by atoms with Gasteiger partial charge in [0.2, 0.25) is 5.82 Å². The van der Waals surface area contributed by atoms with Crippen molar-refractivity contribution in [1.29, 1.82) is 0 Å². The second-order valence-corrected chi connectivity index (χ2v) is 5.25. The van der Waals surface area contributed by atoms with E-state index >= 15 is 0 Å². The van der Waals surface area contributed by atoms with Gasteiger partial charge in [-0.1, -0.05) is 0 Å². The summed E-state index contributed by atoms with van der Waals surface area (Å²) in [5.74, 6) is 0.296. The fraction of sp³-hybridized carbons (Fsp3) is 0.333. The highest BCUT2D eigenvalue weighted by molar-refractivity contribution is 9.10. The lowest BCUT2D eigenvalue weighted by molar-refractivity contribution is -0.384. The maximum Gasteiger partial charge on any atom is 0.312 e. The first-order valence-electron chi connectivity index (χ1n) is 6.07. The van der Waals surface area contributed by atoms with Crippen molar-refractivity contribution < 1.29 is 4.92 Å². The Morgan fingerprint density at radius 1 is 1.50 bits per heavy atom. The van der Waals surface area contributed by atoms with Crippen molar-refractivity contribution >= 4 is 27.4 Å². The maximum atomic E-state index is 10.9. The molecule has 1 N–H and O–H groups in total. The van der Waals surface area contributed by atoms with Crippen LogP contribution in [0.5, 0.6) is 0 Å². The lowest BCUT2D eigenvalue weighted by Gasteiger charge is -2.05. The molecule has 20 heavy (non-hydrogen) atoms. The molecule has 106 valence electrons. The Morgan fingerprint density at radius 3 is 2.95 bits per heavy atom. The number of halogens is 1. The number of nitrogens with one attached hydrogen (secondary N) is 1. The van der Waals surface area contributed by atoms with E-state index in [1.807, 2.05) is 19.4 Å². The van der Waals surface area contributed by atoms with Gasteiger partial charge in [-0.15, -0.1) is 0 Å². The quantitative estimate of drug-likeness (QED) is 0.496. The number of aryl methyl sites for hydroxylation is 2. The molecule has 0 aliphatic heterocycles. The van der Waals surface area contributed by atoms with E-state index in [0.717, 1.165) is 18.4 Å². The molecule has 0 saturated heterocycles. The molecule has 0 aliphatic carbocycles. The van der Waals surface area contributed by atoms with Crippen LogP contribution in [0.4, 0.5) is 11.5 Å². The lowest BCUT2D eigenvalue weighted by atomic mass is 10.2. The Bertz CT molecular complexity index is 614. The molecule has 0 saturated carbocycles. The third-order valence-electron chi connectivity index (χ3n) is 2.72. The van der Waals surface area contributed by atoms with E-state index in [9.17, 15) is 10.1 Å². The zero-order chi connectivity index (χ0) is 14.5. The Labute approximate surface area is 124 Å². The first kappa shape index (κ1) is 14.4. The molecule has 0 radical (unpaired) electrons. The molecule has 2 rings (SSSR count). The summed E-state index contributed by atoms with van der Waals surface area (Å²) in [4.78, 5) is 14.5. The molecule has 0 fully saturated rings. The monoisotopic (exact) mass is 339 g/mol. The third kappa shape index (κ3) is 3.77. The largest absolute Gasteiger partial charge is 0.364 e. The van der Waals surface area contributed by atoms with Gasteiger partial charge < -0.3 is 5.32 Å². The van der Waals surface area contributed by atoms with Crippen LogP contribution in [0.1, 0.15) is 12.0 Å². The highest BCUT2D eigenvalue weighted by Gasteiger charge is 2.15. The van der Waals surface area contributed by atoms with Crippen LogP contribution >= 0.6 is 15.9 Å². The summed E-state index contributed by atoms with van der Waals surface area (Å²) >= 11 is 3.18. The van der Waals surface area contributed by atoms with Gasteiger partial charge in [0.25, 0.3) is 0 Å². The number of aromatic nitrogens is 3. The summed E-state index contributed by atoms with van der Waals surface area (Å²) < 4.78 is 2.34. The van der Waals surface area contributed by atoms with Crippen LogP contribution in [0.25, 0.3) is 0 Å². The van der Waals surface area contributed by atoms with Crippen LogP contribution in [0.2, 0.25) is 0 Å². The molecule has 0 aromatic carbocycles. The molecule has 0 bridgehead atoms. The van der Waals surface area contributed by atoms with Crippen molar-refractivity contribution in [1.82, 2.24) is 14.8 Å². The summed E-state index contributed by atoms with van der Waals surface area (Å²) in [6.45, 7) is 0.615. The van der Waals surface area contributed by atoms with Gasteiger partial charge in [-0.25, -0.2) is 4.98 Å². The molecule has 2 aromatic rings. The van der Waals surface area contributed by atoms with Gasteiger partial charge >= 0.3 is 5.69 Å². The van der Waals surface area contributed by atoms with E-state index in [2.05, 4.69) is 31.3 Å². The fourth-order valence-corrected chi connectivity index (χ4v) is 2.12. The Balaban J connectivity index is 1.89. The fourth-order valence-electron chi connectivity index (χ4n) is 1.80. The number of rotatable bonds is 6. The highest BCUT2D eigenvalue weighted by atomic mass is 79.9. The normalized spacial score (nSPS) is 10.5. The average Bonchev–Trinajstić information content (AvgIpc) is 2.81. The number of hydrogen-bond donors (Lipinski definition) is 1. The summed E-state index contributed by atoms with van der Waals surface area (Å²) in [5.41, 5.74) is 1.12. The molecular weight excluding hydrogens is 326 g/mol. The van der Waals surface area contributed by atoms with Crippen LogP contribution in [-0.2, 0) is 13.5 Å². The second-order valence-electron chi connectivity index (χ2n) is 4.33. The van der Waals surface area contributed by atoms with Crippen LogP contribution in [0.15, 0.2) is 29.1 Å². The summed E-state index contributed by atoms with van der Waals surface area (Å²) in [6.07, 6.45) is 7.03. The summed E-state index contributed by atoms with van der Waals surface area (Å²) in [5, 5.41) is 18.0. The van der Waals surface area contributed by atoms with Gasteiger partial charge in [-0.05, 0) is 34.3 Å². The number of nitrogens with zero attached hydrogens (tertiary/aromatic N) is 4. The van der Waals surface area contributed by atoms with Crippen molar-refractivity contribution in [2.75, 3.05) is 11.9 Å². The minimum Gasteiger partial charge on any atom is -0.364 e. The molecule has 0 atom stereocenters. The van der Waals surface area contributed by atoms with Crippen LogP contribution in [0, 0.1) is 10.1 Å². The zero-order valence-electron chi connectivity index (χ0n) is 10.9. The van der Waals surface area contributed by atoms with Crippen molar-refractivity contribution in [2.45, 2.75) is 12.8 Å². The molecule has 2 heterocycles. The minimum absolute atomic E-state index is 0.0271. The zero-order valence-corrected chi connectivity index (χ0v) is 12.5. The number of nitro groups is 1. The number of pyridine rings is 1. The van der Waals surface area contributed by atoms with Gasteiger partial charge in [0, 0.05) is 36.5 Å². The van der Waals surface area contributed by atoms with Crippen molar-refractivity contribution in [3.8, 4) is 0 Å². The van der Waals surface area contributed by atoms with E-state index in [1.54, 1.807) is 4.68 Å². The Morgan fingerprint density at radius 2 is 2.30 bits per heavy atom. The molecule has 2 aromatic heterocycles. The predicted octanol–water partition coefficient (Wildman–Crippen LogP) is 2.53. The van der Waals surface area contributed by atoms with E-state index in [-0.39, 0.29) is 5.69 Å². The summed E-state index contributed by atoms with van der Waals surface area (Å²) in [6, 6.07) is 1.44. The number of hydrogen-bond acceptors (Lipinski definition) is 5. The molecule has 0 aliphatic rings. The van der Waals surface area contributed by atoms with E-state index < -0.39 is 4.92 Å². The molecule has 0 spiro atoms. The van der Waals surface area contributed by atoms with E-state index in [4.69, 9.17) is 0 Å². The van der Waals surface area contributed by atoms with E-state index in [1.165, 1.54) is 12.3 Å². The SMILES string of the molecule is Cn1cc(CCCNc2ncc(Br)cc2[N+](=O)[O-])cn1. The summed E-state index contributed by atoms with van der Waals surface area (Å²) in [7, 11) is 1.87. The third-order valence-corrected chi connectivity index (χ3v) is 3.16. The van der Waals surface area contributed by atoms with Crippen molar-refractivity contribution in [3.05, 3.63) is 44.8 Å². The van der Waals surface area contributed by atoms with Crippen LogP contribution in [0.3, 0.4) is 0 Å². The van der Waals surface area contributed by atoms with Crippen molar-refractivity contribution in [3.63, 3.8) is 0 Å². The van der Waals surface area contributed by atoms with E-state index in [0.29, 0.717) is 16.8 Å². The molecule has 0 amide bonds. The topological polar surface area (TPSA) is 85.9 Å². The van der Waals surface area contributed by atoms with Gasteiger partial charge in [0.1, 0.15) is 0 Å². The second kappa shape index (κ2) is 6.47. The Hall–Kier alpha value is -1.96. The smallest absolute Gasteiger partial charge is 0.312 e. The first-order chi connectivity index (χ1) is 9.56. The predicted molar refractivity (Wildman–Crippen MR) is 78.6 cm³/mol. The first-order valence-corrected chi connectivity index (χ1v) is 6.87. The molecule has 8 heteroatoms. The Kier molecular flexibility index (Phi) is 4.67. The lowest BCUT2D eigenvalue weighted by Crippen LogP contribution is -2.07. The maximum absolute atomic E-state index is 10.9. The van der Waals surface area contributed by atoms with Crippen molar-refractivity contribution in [2.24, 2.45) is 7.05 Å². The standard InChI is InChI=1S/C12H14BrN5O2/c1-17-8-9(6-16-17)3-2-4-14-12-11(18(19)20)5-10(13)7-15-12/h5-8H,2-4H2,1H3,(H,14,15). The average molecular weight is 340 g/mol. The molecule has 0 unspecified atom stereocenters. The van der Waals surface area contributed by atoms with Gasteiger partial charge in [0.15, 0.2) is 0 Å². The number of anilines is 1. The minimum atomic E-state index is -0.443. The van der Waals surface area contributed by atoms with Crippen LogP contribution in [-0.4, -0.2) is 26.2 Å². The van der Waals surface area contributed by atoms with Gasteiger partial charge in [-0.3, -0.25) is 14.8 Å². The van der Waals surface area contributed by atoms with Crippen LogP contribution < -0.4 is 5.32 Å².